The van der Waals surface area contributed by atoms with Crippen LogP contribution < -0.4 is 10.5 Å². The number of nitrogens with two attached hydrogens (primary N) is 1. The van der Waals surface area contributed by atoms with Crippen LogP contribution in [-0.4, -0.2) is 13.0 Å². The lowest BCUT2D eigenvalue weighted by Crippen LogP contribution is -2.09. The number of hydrogen-bond donors (Lipinski definition) is 1. The van der Waals surface area contributed by atoms with Gasteiger partial charge in [0.15, 0.2) is 5.76 Å². The molecule has 1 heterocycles. The third-order valence-corrected chi connectivity index (χ3v) is 3.83. The first kappa shape index (κ1) is 14.5. The van der Waals surface area contributed by atoms with Gasteiger partial charge in [-0.25, -0.2) is 0 Å². The third kappa shape index (κ3) is 2.65. The van der Waals surface area contributed by atoms with Gasteiger partial charge in [0, 0.05) is 17.0 Å². The first-order chi connectivity index (χ1) is 9.43. The highest BCUT2D eigenvalue weighted by atomic mass is 35.5. The molecule has 0 bridgehead atoms. The zero-order valence-electron chi connectivity index (χ0n) is 11.6. The van der Waals surface area contributed by atoms with E-state index in [1.54, 1.807) is 19.2 Å². The fourth-order valence-electron chi connectivity index (χ4n) is 2.14. The molecule has 0 aliphatic carbocycles. The number of aryl methyl sites for hydroxylation is 1. The van der Waals surface area contributed by atoms with E-state index in [0.717, 1.165) is 22.4 Å². The Hall–Kier alpha value is -1.94. The van der Waals surface area contributed by atoms with Crippen LogP contribution in [0.3, 0.4) is 0 Å². The standard InChI is InChI=1S/C15H16ClNO3/c1-8-6-13(19-3)11(9(2)14(8)16)7-10-4-5-12(20-10)15(17)18/h4-6H,7H2,1-3H3,(H2,17,18). The Kier molecular flexibility index (Phi) is 4.04. The molecule has 5 heteroatoms. The normalized spacial score (nSPS) is 10.6. The number of hydrogen-bond acceptors (Lipinski definition) is 3. The zero-order chi connectivity index (χ0) is 14.9. The Morgan fingerprint density at radius 1 is 1.40 bits per heavy atom. The van der Waals surface area contributed by atoms with E-state index in [1.807, 2.05) is 19.9 Å². The van der Waals surface area contributed by atoms with Gasteiger partial charge < -0.3 is 14.9 Å². The molecule has 0 radical (unpaired) electrons. The van der Waals surface area contributed by atoms with Crippen LogP contribution in [0.25, 0.3) is 0 Å². The Balaban J connectivity index is 2.41. The molecule has 0 aliphatic heterocycles. The van der Waals surface area contributed by atoms with Crippen molar-refractivity contribution < 1.29 is 13.9 Å². The Morgan fingerprint density at radius 2 is 2.10 bits per heavy atom. The van der Waals surface area contributed by atoms with Gasteiger partial charge in [0.2, 0.25) is 0 Å². The molecule has 20 heavy (non-hydrogen) atoms. The fraction of sp³-hybridized carbons (Fsp3) is 0.267. The van der Waals surface area contributed by atoms with Crippen LogP contribution >= 0.6 is 11.6 Å². The van der Waals surface area contributed by atoms with Crippen LogP contribution in [0.5, 0.6) is 5.75 Å². The predicted molar refractivity (Wildman–Crippen MR) is 77.5 cm³/mol. The van der Waals surface area contributed by atoms with Crippen molar-refractivity contribution >= 4 is 17.5 Å². The highest BCUT2D eigenvalue weighted by Gasteiger charge is 2.15. The van der Waals surface area contributed by atoms with Crippen molar-refractivity contribution in [2.75, 3.05) is 7.11 Å². The largest absolute Gasteiger partial charge is 0.496 e. The lowest BCUT2D eigenvalue weighted by Gasteiger charge is -2.14. The summed E-state index contributed by atoms with van der Waals surface area (Å²) in [5, 5.41) is 0.711. The minimum Gasteiger partial charge on any atom is -0.496 e. The van der Waals surface area contributed by atoms with Crippen molar-refractivity contribution in [3.63, 3.8) is 0 Å². The minimum absolute atomic E-state index is 0.148. The molecule has 0 saturated heterocycles. The van der Waals surface area contributed by atoms with Crippen molar-refractivity contribution in [2.45, 2.75) is 20.3 Å². The van der Waals surface area contributed by atoms with Crippen LogP contribution in [0.2, 0.25) is 5.02 Å². The molecule has 2 rings (SSSR count). The molecule has 0 atom stereocenters. The van der Waals surface area contributed by atoms with Gasteiger partial charge in [-0.1, -0.05) is 11.6 Å². The van der Waals surface area contributed by atoms with Gasteiger partial charge in [-0.15, -0.1) is 0 Å². The second kappa shape index (κ2) is 5.59. The number of halogens is 1. The van der Waals surface area contributed by atoms with Gasteiger partial charge in [-0.3, -0.25) is 4.79 Å². The number of carbonyl (C=O) groups is 1. The van der Waals surface area contributed by atoms with Crippen LogP contribution in [0, 0.1) is 13.8 Å². The first-order valence-electron chi connectivity index (χ1n) is 6.15. The summed E-state index contributed by atoms with van der Waals surface area (Å²) in [6.07, 6.45) is 0.488. The van der Waals surface area contributed by atoms with Gasteiger partial charge in [0.25, 0.3) is 5.91 Å². The lowest BCUT2D eigenvalue weighted by atomic mass is 10.0. The maximum absolute atomic E-state index is 11.0. The van der Waals surface area contributed by atoms with E-state index in [2.05, 4.69) is 0 Å². The quantitative estimate of drug-likeness (QED) is 0.941. The summed E-state index contributed by atoms with van der Waals surface area (Å²) in [4.78, 5) is 11.0. The molecule has 1 amide bonds. The maximum Gasteiger partial charge on any atom is 0.284 e. The zero-order valence-corrected chi connectivity index (χ0v) is 12.4. The second-order valence-electron chi connectivity index (χ2n) is 4.62. The molecule has 0 unspecified atom stereocenters. The molecular formula is C15H16ClNO3. The molecule has 2 aromatic rings. The number of benzene rings is 1. The Morgan fingerprint density at radius 3 is 2.65 bits per heavy atom. The lowest BCUT2D eigenvalue weighted by molar-refractivity contribution is 0.0972. The van der Waals surface area contributed by atoms with Gasteiger partial charge >= 0.3 is 0 Å². The number of rotatable bonds is 4. The summed E-state index contributed by atoms with van der Waals surface area (Å²) in [5.41, 5.74) is 8.02. The summed E-state index contributed by atoms with van der Waals surface area (Å²) in [5.74, 6) is 0.957. The minimum atomic E-state index is -0.582. The van der Waals surface area contributed by atoms with Crippen molar-refractivity contribution in [3.8, 4) is 5.75 Å². The predicted octanol–water partition coefficient (Wildman–Crippen LogP) is 3.25. The van der Waals surface area contributed by atoms with Crippen LogP contribution in [0.15, 0.2) is 22.6 Å². The van der Waals surface area contributed by atoms with Gasteiger partial charge in [-0.2, -0.15) is 0 Å². The van der Waals surface area contributed by atoms with Crippen molar-refractivity contribution in [1.82, 2.24) is 0 Å². The highest BCUT2D eigenvalue weighted by Crippen LogP contribution is 2.33. The summed E-state index contributed by atoms with van der Waals surface area (Å²) >= 11 is 6.27. The monoisotopic (exact) mass is 293 g/mol. The summed E-state index contributed by atoms with van der Waals surface area (Å²) in [6, 6.07) is 5.19. The van der Waals surface area contributed by atoms with Crippen molar-refractivity contribution in [2.24, 2.45) is 5.73 Å². The molecule has 2 N–H and O–H groups in total. The topological polar surface area (TPSA) is 65.5 Å². The SMILES string of the molecule is COc1cc(C)c(Cl)c(C)c1Cc1ccc(C(N)=O)o1. The molecule has 0 fully saturated rings. The number of methoxy groups -OCH3 is 1. The molecular weight excluding hydrogens is 278 g/mol. The summed E-state index contributed by atoms with van der Waals surface area (Å²) in [7, 11) is 1.61. The van der Waals surface area contributed by atoms with Crippen molar-refractivity contribution in [3.05, 3.63) is 51.4 Å². The molecule has 0 spiro atoms. The Bertz CT molecular complexity index is 661. The number of furan rings is 1. The molecule has 1 aromatic heterocycles. The van der Waals surface area contributed by atoms with Gasteiger partial charge in [0.1, 0.15) is 11.5 Å². The van der Waals surface area contributed by atoms with E-state index in [-0.39, 0.29) is 5.76 Å². The second-order valence-corrected chi connectivity index (χ2v) is 5.00. The molecule has 0 aliphatic rings. The molecule has 106 valence electrons. The molecule has 4 nitrogen and oxygen atoms in total. The fourth-order valence-corrected chi connectivity index (χ4v) is 2.31. The first-order valence-corrected chi connectivity index (χ1v) is 6.53. The number of amides is 1. The van der Waals surface area contributed by atoms with E-state index >= 15 is 0 Å². The average molecular weight is 294 g/mol. The van der Waals surface area contributed by atoms with E-state index in [1.165, 1.54) is 0 Å². The van der Waals surface area contributed by atoms with Gasteiger partial charge in [-0.05, 0) is 43.2 Å². The van der Waals surface area contributed by atoms with Crippen molar-refractivity contribution in [1.29, 1.82) is 0 Å². The van der Waals surface area contributed by atoms with E-state index in [9.17, 15) is 4.79 Å². The van der Waals surface area contributed by atoms with E-state index in [0.29, 0.717) is 17.2 Å². The van der Waals surface area contributed by atoms with Crippen LogP contribution in [0.1, 0.15) is 33.0 Å². The van der Waals surface area contributed by atoms with E-state index < -0.39 is 5.91 Å². The summed E-state index contributed by atoms with van der Waals surface area (Å²) < 4.78 is 10.8. The highest BCUT2D eigenvalue weighted by molar-refractivity contribution is 6.32. The van der Waals surface area contributed by atoms with Crippen LogP contribution in [0.4, 0.5) is 0 Å². The molecule has 1 aromatic carbocycles. The number of primary amides is 1. The van der Waals surface area contributed by atoms with Crippen LogP contribution in [-0.2, 0) is 6.42 Å². The Labute approximate surface area is 122 Å². The summed E-state index contributed by atoms with van der Waals surface area (Å²) in [6.45, 7) is 3.87. The maximum atomic E-state index is 11.0. The number of ether oxygens (including phenoxy) is 1. The smallest absolute Gasteiger partial charge is 0.284 e. The van der Waals surface area contributed by atoms with Gasteiger partial charge in [0.05, 0.1) is 7.11 Å². The number of carbonyl (C=O) groups excluding carboxylic acids is 1. The average Bonchev–Trinajstić information content (AvgIpc) is 2.88. The molecule has 0 saturated carbocycles. The third-order valence-electron chi connectivity index (χ3n) is 3.25. The van der Waals surface area contributed by atoms with E-state index in [4.69, 9.17) is 26.5 Å².